The highest BCUT2D eigenvalue weighted by atomic mass is 16.5. The van der Waals surface area contributed by atoms with Crippen LogP contribution < -0.4 is 10.2 Å². The molecule has 7 nitrogen and oxygen atoms in total. The van der Waals surface area contributed by atoms with E-state index < -0.39 is 0 Å². The number of rotatable bonds is 6. The van der Waals surface area contributed by atoms with E-state index in [2.05, 4.69) is 25.3 Å². The summed E-state index contributed by atoms with van der Waals surface area (Å²) in [7, 11) is 0. The van der Waals surface area contributed by atoms with Crippen LogP contribution in [0.15, 0.2) is 53.2 Å². The van der Waals surface area contributed by atoms with Gasteiger partial charge in [0, 0.05) is 31.8 Å². The summed E-state index contributed by atoms with van der Waals surface area (Å²) in [6, 6.07) is 13.6. The molecule has 0 bridgehead atoms. The molecule has 1 saturated heterocycles. The van der Waals surface area contributed by atoms with Gasteiger partial charge in [0.15, 0.2) is 0 Å². The van der Waals surface area contributed by atoms with Crippen LogP contribution in [0.4, 0.5) is 5.82 Å². The highest BCUT2D eigenvalue weighted by Gasteiger charge is 2.19. The molecule has 0 saturated carbocycles. The molecule has 150 valence electrons. The number of nitrogens with one attached hydrogen (secondary N) is 1. The minimum atomic E-state index is -0.221. The predicted molar refractivity (Wildman–Crippen MR) is 110 cm³/mol. The molecule has 3 heterocycles. The van der Waals surface area contributed by atoms with Crippen LogP contribution in [-0.2, 0) is 11.2 Å². The highest BCUT2D eigenvalue weighted by molar-refractivity contribution is 5.73. The van der Waals surface area contributed by atoms with E-state index in [-0.39, 0.29) is 11.9 Å². The lowest BCUT2D eigenvalue weighted by Crippen LogP contribution is -2.29. The lowest BCUT2D eigenvalue weighted by atomic mass is 10.0. The minimum Gasteiger partial charge on any atom is -0.357 e. The molecule has 3 aromatic rings. The molecule has 0 unspecified atom stereocenters. The Morgan fingerprint density at radius 3 is 2.62 bits per heavy atom. The van der Waals surface area contributed by atoms with E-state index in [4.69, 9.17) is 4.52 Å². The second-order valence-electron chi connectivity index (χ2n) is 7.33. The predicted octanol–water partition coefficient (Wildman–Crippen LogP) is 3.54. The first-order valence-corrected chi connectivity index (χ1v) is 10.0. The molecule has 1 amide bonds. The van der Waals surface area contributed by atoms with Crippen LogP contribution >= 0.6 is 0 Å². The first kappa shape index (κ1) is 19.1. The molecule has 1 atom stereocenters. The average Bonchev–Trinajstić information content (AvgIpc) is 3.23. The molecule has 1 fully saturated rings. The van der Waals surface area contributed by atoms with Crippen molar-refractivity contribution in [3.8, 4) is 11.4 Å². The molecule has 1 aliphatic heterocycles. The maximum absolute atomic E-state index is 11.6. The van der Waals surface area contributed by atoms with Crippen LogP contribution in [0.2, 0.25) is 0 Å². The van der Waals surface area contributed by atoms with Gasteiger partial charge in [-0.2, -0.15) is 4.98 Å². The summed E-state index contributed by atoms with van der Waals surface area (Å²) in [4.78, 5) is 23.0. The van der Waals surface area contributed by atoms with Crippen LogP contribution in [0.25, 0.3) is 11.4 Å². The Hall–Kier alpha value is -3.22. The van der Waals surface area contributed by atoms with Crippen molar-refractivity contribution in [2.24, 2.45) is 0 Å². The zero-order valence-corrected chi connectivity index (χ0v) is 16.5. The number of benzene rings is 1. The summed E-state index contributed by atoms with van der Waals surface area (Å²) in [6.07, 6.45) is 5.95. The smallest absolute Gasteiger partial charge is 0.229 e. The summed E-state index contributed by atoms with van der Waals surface area (Å²) in [5.74, 6) is 1.87. The lowest BCUT2D eigenvalue weighted by Gasteiger charge is -2.27. The lowest BCUT2D eigenvalue weighted by molar-refractivity contribution is -0.119. The third kappa shape index (κ3) is 4.80. The normalized spacial score (nSPS) is 15.1. The number of pyridine rings is 1. The third-order valence-corrected chi connectivity index (χ3v) is 5.11. The van der Waals surface area contributed by atoms with Crippen molar-refractivity contribution < 1.29 is 9.32 Å². The monoisotopic (exact) mass is 391 g/mol. The molecule has 1 aromatic carbocycles. The van der Waals surface area contributed by atoms with E-state index in [1.165, 1.54) is 26.2 Å². The molecule has 2 aromatic heterocycles. The summed E-state index contributed by atoms with van der Waals surface area (Å²) in [6.45, 7) is 3.62. The number of nitrogens with zero attached hydrogens (tertiary/aromatic N) is 4. The van der Waals surface area contributed by atoms with Crippen LogP contribution in [0.5, 0.6) is 0 Å². The van der Waals surface area contributed by atoms with E-state index >= 15 is 0 Å². The number of carbonyl (C=O) groups is 1. The molecule has 7 heteroatoms. The number of hydrogen-bond donors (Lipinski definition) is 1. The summed E-state index contributed by atoms with van der Waals surface area (Å²) in [5, 5.41) is 7.05. The summed E-state index contributed by atoms with van der Waals surface area (Å²) >= 11 is 0. The Bertz CT molecular complexity index is 933. The quantitative estimate of drug-likeness (QED) is 0.692. The van der Waals surface area contributed by atoms with Crippen molar-refractivity contribution >= 4 is 11.7 Å². The Morgan fingerprint density at radius 1 is 1.14 bits per heavy atom. The summed E-state index contributed by atoms with van der Waals surface area (Å²) in [5.41, 5.74) is 1.81. The van der Waals surface area contributed by atoms with Gasteiger partial charge in [0.25, 0.3) is 0 Å². The molecule has 0 aliphatic carbocycles. The van der Waals surface area contributed by atoms with Gasteiger partial charge in [0.1, 0.15) is 5.82 Å². The van der Waals surface area contributed by atoms with Gasteiger partial charge in [0.05, 0.1) is 12.5 Å². The number of anilines is 1. The maximum atomic E-state index is 11.6. The van der Waals surface area contributed by atoms with Crippen molar-refractivity contribution in [1.82, 2.24) is 20.4 Å². The van der Waals surface area contributed by atoms with Crippen molar-refractivity contribution in [1.29, 1.82) is 0 Å². The zero-order chi connectivity index (χ0) is 20.1. The molecule has 0 radical (unpaired) electrons. The maximum Gasteiger partial charge on any atom is 0.229 e. The average molecular weight is 391 g/mol. The van der Waals surface area contributed by atoms with Gasteiger partial charge in [0.2, 0.25) is 17.6 Å². The Balaban J connectivity index is 1.47. The number of carbonyl (C=O) groups excluding carboxylic acids is 1. The van der Waals surface area contributed by atoms with E-state index in [1.807, 2.05) is 42.5 Å². The third-order valence-electron chi connectivity index (χ3n) is 5.11. The van der Waals surface area contributed by atoms with Crippen LogP contribution in [0.1, 0.15) is 43.7 Å². The Morgan fingerprint density at radius 2 is 1.93 bits per heavy atom. The number of aromatic nitrogens is 3. The largest absolute Gasteiger partial charge is 0.357 e. The Kier molecular flexibility index (Phi) is 5.84. The van der Waals surface area contributed by atoms with E-state index in [1.54, 1.807) is 6.20 Å². The number of hydrogen-bond acceptors (Lipinski definition) is 6. The second-order valence-corrected chi connectivity index (χ2v) is 7.33. The molecular weight excluding hydrogens is 366 g/mol. The molecule has 1 N–H and O–H groups in total. The topological polar surface area (TPSA) is 84.2 Å². The SMILES string of the molecule is CC(=O)N[C@@H](Cc1nc(-c2ccc(N3CCCCC3)nc2)no1)c1ccccc1. The fourth-order valence-corrected chi connectivity index (χ4v) is 3.64. The number of piperidine rings is 1. The van der Waals surface area contributed by atoms with Crippen molar-refractivity contribution in [3.05, 3.63) is 60.1 Å². The van der Waals surface area contributed by atoms with Gasteiger partial charge >= 0.3 is 0 Å². The highest BCUT2D eigenvalue weighted by Crippen LogP contribution is 2.23. The number of amides is 1. The van der Waals surface area contributed by atoms with Crippen molar-refractivity contribution in [2.45, 2.75) is 38.6 Å². The molecule has 4 rings (SSSR count). The van der Waals surface area contributed by atoms with Crippen LogP contribution in [0, 0.1) is 0 Å². The van der Waals surface area contributed by atoms with E-state index in [9.17, 15) is 4.79 Å². The minimum absolute atomic E-state index is 0.101. The van der Waals surface area contributed by atoms with Gasteiger partial charge in [-0.1, -0.05) is 35.5 Å². The first-order valence-electron chi connectivity index (χ1n) is 10.0. The van der Waals surface area contributed by atoms with Gasteiger partial charge in [-0.3, -0.25) is 4.79 Å². The van der Waals surface area contributed by atoms with Gasteiger partial charge < -0.3 is 14.7 Å². The summed E-state index contributed by atoms with van der Waals surface area (Å²) < 4.78 is 5.45. The van der Waals surface area contributed by atoms with Gasteiger partial charge in [-0.05, 0) is 37.0 Å². The van der Waals surface area contributed by atoms with Crippen LogP contribution in [-0.4, -0.2) is 34.1 Å². The molecule has 1 aliphatic rings. The van der Waals surface area contributed by atoms with E-state index in [0.29, 0.717) is 18.1 Å². The molecule has 29 heavy (non-hydrogen) atoms. The van der Waals surface area contributed by atoms with Crippen molar-refractivity contribution in [2.75, 3.05) is 18.0 Å². The molecule has 0 spiro atoms. The second kappa shape index (κ2) is 8.86. The standard InChI is InChI=1S/C22H25N5O2/c1-16(28)24-19(17-8-4-2-5-9-17)14-21-25-22(26-29-21)18-10-11-20(23-15-18)27-12-6-3-7-13-27/h2,4-5,8-11,15,19H,3,6-7,12-14H2,1H3,(H,24,28)/t19-/m0/s1. The fourth-order valence-electron chi connectivity index (χ4n) is 3.64. The van der Waals surface area contributed by atoms with Gasteiger partial charge in [-0.25, -0.2) is 4.98 Å². The first-order chi connectivity index (χ1) is 14.2. The van der Waals surface area contributed by atoms with Crippen molar-refractivity contribution in [3.63, 3.8) is 0 Å². The molecular formula is C22H25N5O2. The zero-order valence-electron chi connectivity index (χ0n) is 16.5. The fraction of sp³-hybridized carbons (Fsp3) is 0.364. The van der Waals surface area contributed by atoms with E-state index in [0.717, 1.165) is 30.0 Å². The van der Waals surface area contributed by atoms with Crippen LogP contribution in [0.3, 0.4) is 0 Å². The Labute approximate surface area is 170 Å². The van der Waals surface area contributed by atoms with Gasteiger partial charge in [-0.15, -0.1) is 0 Å².